The molecule has 1 aliphatic heterocycles. The Kier molecular flexibility index (Phi) is 5.81. The number of anilines is 2. The Hall–Kier alpha value is -1.79. The van der Waals surface area contributed by atoms with Gasteiger partial charge in [0.2, 0.25) is 5.89 Å². The van der Waals surface area contributed by atoms with Gasteiger partial charge < -0.3 is 19.8 Å². The predicted octanol–water partition coefficient (Wildman–Crippen LogP) is 3.67. The van der Waals surface area contributed by atoms with E-state index in [4.69, 9.17) is 16.1 Å². The highest BCUT2D eigenvalue weighted by molar-refractivity contribution is 6.31. The number of piperidine rings is 1. The van der Waals surface area contributed by atoms with Crippen LogP contribution in [0.3, 0.4) is 0 Å². The van der Waals surface area contributed by atoms with Gasteiger partial charge in [-0.3, -0.25) is 0 Å². The van der Waals surface area contributed by atoms with Gasteiger partial charge in [0.1, 0.15) is 0 Å². The molecule has 0 unspecified atom stereocenters. The van der Waals surface area contributed by atoms with E-state index in [0.29, 0.717) is 29.2 Å². The molecule has 25 heavy (non-hydrogen) atoms. The maximum atomic E-state index is 9.32. The van der Waals surface area contributed by atoms with Crippen LogP contribution in [0.4, 0.5) is 11.4 Å². The van der Waals surface area contributed by atoms with E-state index in [1.54, 1.807) is 0 Å². The minimum absolute atomic E-state index is 0.218. The molecule has 0 spiro atoms. The van der Waals surface area contributed by atoms with Crippen LogP contribution in [-0.4, -0.2) is 34.9 Å². The third-order valence-electron chi connectivity index (χ3n) is 4.59. The fourth-order valence-corrected chi connectivity index (χ4v) is 3.20. The molecule has 2 N–H and O–H groups in total. The number of aliphatic hydroxyl groups excluding tert-OH is 1. The van der Waals surface area contributed by atoms with Crippen molar-refractivity contribution in [2.24, 2.45) is 5.92 Å². The van der Waals surface area contributed by atoms with E-state index in [1.807, 2.05) is 32.0 Å². The second-order valence-corrected chi connectivity index (χ2v) is 7.27. The zero-order valence-corrected chi connectivity index (χ0v) is 15.5. The number of nitrogens with one attached hydrogen (secondary N) is 1. The van der Waals surface area contributed by atoms with Gasteiger partial charge in [0.05, 0.1) is 17.9 Å². The molecule has 6 nitrogen and oxygen atoms in total. The van der Waals surface area contributed by atoms with E-state index in [9.17, 15) is 5.11 Å². The first-order valence-electron chi connectivity index (χ1n) is 8.78. The molecule has 1 aliphatic rings. The predicted molar refractivity (Wildman–Crippen MR) is 99.2 cm³/mol. The summed E-state index contributed by atoms with van der Waals surface area (Å²) in [6.45, 7) is 6.67. The highest BCUT2D eigenvalue weighted by Crippen LogP contribution is 2.32. The van der Waals surface area contributed by atoms with Gasteiger partial charge in [-0.25, -0.2) is 0 Å². The average molecular weight is 365 g/mol. The van der Waals surface area contributed by atoms with Crippen LogP contribution in [0.5, 0.6) is 0 Å². The maximum absolute atomic E-state index is 9.32. The lowest BCUT2D eigenvalue weighted by Crippen LogP contribution is -2.35. The van der Waals surface area contributed by atoms with Crippen molar-refractivity contribution in [1.29, 1.82) is 0 Å². The van der Waals surface area contributed by atoms with Crippen LogP contribution in [0.25, 0.3) is 0 Å². The van der Waals surface area contributed by atoms with E-state index in [0.717, 1.165) is 37.3 Å². The van der Waals surface area contributed by atoms with Gasteiger partial charge in [0.25, 0.3) is 0 Å². The normalized spacial score (nSPS) is 15.8. The van der Waals surface area contributed by atoms with Gasteiger partial charge in [-0.1, -0.05) is 30.6 Å². The fraction of sp³-hybridized carbons (Fsp3) is 0.556. The number of nitrogens with zero attached hydrogens (tertiary/aromatic N) is 3. The first kappa shape index (κ1) is 18.0. The minimum Gasteiger partial charge on any atom is -0.396 e. The Balaban J connectivity index is 1.70. The van der Waals surface area contributed by atoms with Crippen molar-refractivity contribution in [2.45, 2.75) is 39.2 Å². The molecule has 0 bridgehead atoms. The molecule has 1 fully saturated rings. The fourth-order valence-electron chi connectivity index (χ4n) is 3.03. The third kappa shape index (κ3) is 4.44. The van der Waals surface area contributed by atoms with E-state index in [2.05, 4.69) is 20.4 Å². The van der Waals surface area contributed by atoms with Crippen molar-refractivity contribution >= 4 is 23.0 Å². The van der Waals surface area contributed by atoms with E-state index >= 15 is 0 Å². The van der Waals surface area contributed by atoms with Crippen LogP contribution in [0.1, 0.15) is 44.3 Å². The van der Waals surface area contributed by atoms with Crippen molar-refractivity contribution in [3.05, 3.63) is 34.9 Å². The zero-order chi connectivity index (χ0) is 17.8. The summed E-state index contributed by atoms with van der Waals surface area (Å²) < 4.78 is 5.25. The Labute approximate surface area is 153 Å². The molecule has 1 saturated heterocycles. The standard InChI is InChI=1S/C18H25ClN4O2/c1-12(2)18-21-17(22-25-18)10-20-15-9-14(19)3-4-16(15)23-7-5-13(11-24)6-8-23/h3-4,9,12-13,20,24H,5-8,10-11H2,1-2H3. The molecule has 0 amide bonds. The van der Waals surface area contributed by atoms with Gasteiger partial charge in [-0.2, -0.15) is 4.98 Å². The minimum atomic E-state index is 0.218. The van der Waals surface area contributed by atoms with Crippen molar-refractivity contribution in [1.82, 2.24) is 10.1 Å². The Morgan fingerprint density at radius 2 is 2.12 bits per heavy atom. The van der Waals surface area contributed by atoms with Gasteiger partial charge >= 0.3 is 0 Å². The highest BCUT2D eigenvalue weighted by Gasteiger charge is 2.21. The number of rotatable bonds is 6. The van der Waals surface area contributed by atoms with E-state index < -0.39 is 0 Å². The number of aromatic nitrogens is 2. The summed E-state index contributed by atoms with van der Waals surface area (Å²) >= 11 is 6.19. The lowest BCUT2D eigenvalue weighted by atomic mass is 9.97. The first-order chi connectivity index (χ1) is 12.1. The molecular formula is C18H25ClN4O2. The number of aliphatic hydroxyl groups is 1. The topological polar surface area (TPSA) is 74.4 Å². The van der Waals surface area contributed by atoms with E-state index in [1.165, 1.54) is 0 Å². The SMILES string of the molecule is CC(C)c1nc(CNc2cc(Cl)ccc2N2CCC(CO)CC2)no1. The molecular weight excluding hydrogens is 340 g/mol. The molecule has 2 aromatic rings. The molecule has 7 heteroatoms. The zero-order valence-electron chi connectivity index (χ0n) is 14.7. The van der Waals surface area contributed by atoms with Gasteiger partial charge in [0.15, 0.2) is 5.82 Å². The van der Waals surface area contributed by atoms with Crippen molar-refractivity contribution in [3.63, 3.8) is 0 Å². The Morgan fingerprint density at radius 1 is 1.36 bits per heavy atom. The second kappa shape index (κ2) is 8.06. The van der Waals surface area contributed by atoms with Crippen molar-refractivity contribution in [2.75, 3.05) is 29.9 Å². The molecule has 1 aromatic heterocycles. The lowest BCUT2D eigenvalue weighted by molar-refractivity contribution is 0.203. The first-order valence-corrected chi connectivity index (χ1v) is 9.16. The monoisotopic (exact) mass is 364 g/mol. The summed E-state index contributed by atoms with van der Waals surface area (Å²) in [7, 11) is 0. The van der Waals surface area contributed by atoms with Crippen LogP contribution in [-0.2, 0) is 6.54 Å². The number of hydrogen-bond donors (Lipinski definition) is 2. The molecule has 0 saturated carbocycles. The van der Waals surface area contributed by atoms with Crippen molar-refractivity contribution in [3.8, 4) is 0 Å². The summed E-state index contributed by atoms with van der Waals surface area (Å²) in [4.78, 5) is 6.73. The molecule has 0 aliphatic carbocycles. The van der Waals surface area contributed by atoms with Crippen molar-refractivity contribution < 1.29 is 9.63 Å². The summed E-state index contributed by atoms with van der Waals surface area (Å²) in [5.41, 5.74) is 2.08. The summed E-state index contributed by atoms with van der Waals surface area (Å²) in [5.74, 6) is 1.91. The van der Waals surface area contributed by atoms with Gasteiger partial charge in [0, 0.05) is 30.6 Å². The highest BCUT2D eigenvalue weighted by atomic mass is 35.5. The summed E-state index contributed by atoms with van der Waals surface area (Å²) in [6.07, 6.45) is 2.00. The van der Waals surface area contributed by atoms with Crippen LogP contribution in [0.2, 0.25) is 5.02 Å². The Morgan fingerprint density at radius 3 is 2.76 bits per heavy atom. The van der Waals surface area contributed by atoms with E-state index in [-0.39, 0.29) is 12.5 Å². The molecule has 136 valence electrons. The lowest BCUT2D eigenvalue weighted by Gasteiger charge is -2.34. The Bertz CT molecular complexity index is 696. The average Bonchev–Trinajstić information content (AvgIpc) is 3.09. The molecule has 3 rings (SSSR count). The third-order valence-corrected chi connectivity index (χ3v) is 4.82. The van der Waals surface area contributed by atoms with Crippen LogP contribution in [0, 0.1) is 5.92 Å². The summed E-state index contributed by atoms with van der Waals surface area (Å²) in [5, 5.41) is 17.4. The largest absolute Gasteiger partial charge is 0.396 e. The van der Waals surface area contributed by atoms with Crippen LogP contribution >= 0.6 is 11.6 Å². The number of halogens is 1. The molecule has 0 atom stereocenters. The smallest absolute Gasteiger partial charge is 0.229 e. The molecule has 2 heterocycles. The number of benzene rings is 1. The van der Waals surface area contributed by atoms with Gasteiger partial charge in [-0.15, -0.1) is 0 Å². The molecule has 1 aromatic carbocycles. The molecule has 0 radical (unpaired) electrons. The van der Waals surface area contributed by atoms with Crippen LogP contribution in [0.15, 0.2) is 22.7 Å². The second-order valence-electron chi connectivity index (χ2n) is 6.83. The maximum Gasteiger partial charge on any atom is 0.229 e. The quantitative estimate of drug-likeness (QED) is 0.814. The van der Waals surface area contributed by atoms with Gasteiger partial charge in [-0.05, 0) is 37.0 Å². The number of hydrogen-bond acceptors (Lipinski definition) is 6. The van der Waals surface area contributed by atoms with Crippen LogP contribution < -0.4 is 10.2 Å². The summed E-state index contributed by atoms with van der Waals surface area (Å²) in [6, 6.07) is 5.88.